The zero-order chi connectivity index (χ0) is 28.6. The molecule has 214 valence electrons. The first-order chi connectivity index (χ1) is 18.8. The van der Waals surface area contributed by atoms with Crippen molar-refractivity contribution in [3.8, 4) is 11.3 Å². The van der Waals surface area contributed by atoms with Crippen LogP contribution in [-0.2, 0) is 25.6 Å². The summed E-state index contributed by atoms with van der Waals surface area (Å²) >= 11 is 0. The van der Waals surface area contributed by atoms with E-state index in [1.54, 1.807) is 30.3 Å². The maximum absolute atomic E-state index is 13.2. The first-order valence-corrected chi connectivity index (χ1v) is 13.7. The van der Waals surface area contributed by atoms with Gasteiger partial charge in [0, 0.05) is 5.56 Å². The SMILES string of the molecule is CCCCC[C@@H](C(=O)NCNC(=O)c1ccc(-c2ccc(CC(=O)O)cc2)o1)[C@@H](CC)N(C=O)OCCCC. The van der Waals surface area contributed by atoms with Crippen LogP contribution in [0.25, 0.3) is 11.3 Å². The Morgan fingerprint density at radius 2 is 1.72 bits per heavy atom. The highest BCUT2D eigenvalue weighted by Gasteiger charge is 2.32. The standard InChI is InChI=1S/C29H41N3O7/c1-4-7-9-10-23(24(6-3)32(20-33)38-17-8-5-2)28(36)30-19-31-29(37)26-16-15-25(39-26)22-13-11-21(12-14-22)18-27(34)35/h11-16,20,23-24H,4-10,17-19H2,1-3H3,(H,30,36)(H,31,37)(H,34,35)/t23-,24-/m1/s1. The number of hydroxylamine groups is 2. The summed E-state index contributed by atoms with van der Waals surface area (Å²) in [5, 5.41) is 15.6. The fourth-order valence-corrected chi connectivity index (χ4v) is 4.28. The summed E-state index contributed by atoms with van der Waals surface area (Å²) in [6.07, 6.45) is 6.26. The Kier molecular flexibility index (Phi) is 13.8. The van der Waals surface area contributed by atoms with Crippen LogP contribution in [0, 0.1) is 5.92 Å². The molecule has 10 nitrogen and oxygen atoms in total. The van der Waals surface area contributed by atoms with Gasteiger partial charge in [0.25, 0.3) is 5.91 Å². The smallest absolute Gasteiger partial charge is 0.307 e. The zero-order valence-electron chi connectivity index (χ0n) is 23.1. The molecule has 39 heavy (non-hydrogen) atoms. The third-order valence-corrected chi connectivity index (χ3v) is 6.44. The molecule has 2 aromatic rings. The van der Waals surface area contributed by atoms with E-state index in [2.05, 4.69) is 17.6 Å². The van der Waals surface area contributed by atoms with Gasteiger partial charge in [-0.3, -0.25) is 24.0 Å². The number of carbonyl (C=O) groups excluding carboxylic acids is 3. The van der Waals surface area contributed by atoms with Gasteiger partial charge < -0.3 is 20.2 Å². The number of hydrogen-bond donors (Lipinski definition) is 3. The van der Waals surface area contributed by atoms with E-state index in [0.717, 1.165) is 32.1 Å². The van der Waals surface area contributed by atoms with Crippen LogP contribution in [0.1, 0.15) is 81.8 Å². The summed E-state index contributed by atoms with van der Waals surface area (Å²) in [4.78, 5) is 54.1. The molecule has 0 unspecified atom stereocenters. The summed E-state index contributed by atoms with van der Waals surface area (Å²) < 4.78 is 5.67. The molecular formula is C29H41N3O7. The number of nitrogens with one attached hydrogen (secondary N) is 2. The second kappa shape index (κ2) is 17.0. The van der Waals surface area contributed by atoms with Gasteiger partial charge in [-0.2, -0.15) is 0 Å². The normalized spacial score (nSPS) is 12.4. The van der Waals surface area contributed by atoms with Crippen molar-refractivity contribution >= 4 is 24.2 Å². The molecule has 1 aromatic carbocycles. The highest BCUT2D eigenvalue weighted by atomic mass is 16.7. The summed E-state index contributed by atoms with van der Waals surface area (Å²) in [6.45, 7) is 6.34. The lowest BCUT2D eigenvalue weighted by Crippen LogP contribution is -2.48. The number of carboxylic acids is 1. The fourth-order valence-electron chi connectivity index (χ4n) is 4.28. The van der Waals surface area contributed by atoms with Crippen LogP contribution in [0.4, 0.5) is 0 Å². The van der Waals surface area contributed by atoms with Gasteiger partial charge in [0.1, 0.15) is 5.76 Å². The van der Waals surface area contributed by atoms with Crippen LogP contribution in [-0.4, -0.2) is 53.7 Å². The fraction of sp³-hybridized carbons (Fsp3) is 0.517. The molecule has 2 atom stereocenters. The third-order valence-electron chi connectivity index (χ3n) is 6.44. The van der Waals surface area contributed by atoms with Gasteiger partial charge >= 0.3 is 5.97 Å². The highest BCUT2D eigenvalue weighted by Crippen LogP contribution is 2.24. The monoisotopic (exact) mass is 543 g/mol. The van der Waals surface area contributed by atoms with Crippen molar-refractivity contribution in [2.24, 2.45) is 5.92 Å². The molecule has 0 bridgehead atoms. The Bertz CT molecular complexity index is 1050. The van der Waals surface area contributed by atoms with Gasteiger partial charge in [0.2, 0.25) is 12.3 Å². The van der Waals surface area contributed by atoms with Crippen LogP contribution < -0.4 is 10.6 Å². The van der Waals surface area contributed by atoms with Crippen molar-refractivity contribution in [1.82, 2.24) is 15.7 Å². The van der Waals surface area contributed by atoms with Gasteiger partial charge in [-0.05, 0) is 37.0 Å². The van der Waals surface area contributed by atoms with E-state index in [1.807, 2.05) is 13.8 Å². The number of rotatable bonds is 19. The number of furan rings is 1. The minimum Gasteiger partial charge on any atom is -0.481 e. The van der Waals surface area contributed by atoms with E-state index < -0.39 is 23.8 Å². The lowest BCUT2D eigenvalue weighted by Gasteiger charge is -2.32. The van der Waals surface area contributed by atoms with E-state index in [1.165, 1.54) is 11.1 Å². The molecule has 2 rings (SSSR count). The predicted octanol–water partition coefficient (Wildman–Crippen LogP) is 4.54. The molecule has 0 aliphatic carbocycles. The Morgan fingerprint density at radius 1 is 1.00 bits per heavy atom. The summed E-state index contributed by atoms with van der Waals surface area (Å²) in [5.41, 5.74) is 1.37. The quantitative estimate of drug-likeness (QED) is 0.102. The number of amides is 3. The Balaban J connectivity index is 1.98. The zero-order valence-corrected chi connectivity index (χ0v) is 23.1. The number of benzene rings is 1. The van der Waals surface area contributed by atoms with Gasteiger partial charge in [-0.25, -0.2) is 5.06 Å². The molecular weight excluding hydrogens is 502 g/mol. The van der Waals surface area contributed by atoms with Crippen LogP contribution in [0.2, 0.25) is 0 Å². The average molecular weight is 544 g/mol. The van der Waals surface area contributed by atoms with E-state index in [0.29, 0.717) is 42.7 Å². The van der Waals surface area contributed by atoms with E-state index in [9.17, 15) is 19.2 Å². The average Bonchev–Trinajstić information content (AvgIpc) is 3.42. The number of nitrogens with zero attached hydrogens (tertiary/aromatic N) is 1. The molecule has 0 aliphatic heterocycles. The second-order valence-corrected chi connectivity index (χ2v) is 9.38. The minimum atomic E-state index is -0.911. The number of unbranched alkanes of at least 4 members (excludes halogenated alkanes) is 3. The molecule has 0 spiro atoms. The first-order valence-electron chi connectivity index (χ1n) is 13.7. The van der Waals surface area contributed by atoms with Crippen molar-refractivity contribution in [2.45, 2.75) is 78.2 Å². The van der Waals surface area contributed by atoms with Crippen LogP contribution in [0.5, 0.6) is 0 Å². The Hall–Kier alpha value is -3.66. The third kappa shape index (κ3) is 10.2. The van der Waals surface area contributed by atoms with E-state index >= 15 is 0 Å². The van der Waals surface area contributed by atoms with Crippen molar-refractivity contribution in [2.75, 3.05) is 13.3 Å². The van der Waals surface area contributed by atoms with Crippen LogP contribution in [0.3, 0.4) is 0 Å². The molecule has 10 heteroatoms. The molecule has 1 aromatic heterocycles. The van der Waals surface area contributed by atoms with Crippen molar-refractivity contribution in [3.63, 3.8) is 0 Å². The summed E-state index contributed by atoms with van der Waals surface area (Å²) in [5.74, 6) is -1.60. The maximum atomic E-state index is 13.2. The molecule has 0 aliphatic rings. The summed E-state index contributed by atoms with van der Waals surface area (Å²) in [6, 6.07) is 9.63. The van der Waals surface area contributed by atoms with Gasteiger partial charge in [-0.1, -0.05) is 70.7 Å². The topological polar surface area (TPSA) is 138 Å². The number of carbonyl (C=O) groups is 4. The first kappa shape index (κ1) is 31.6. The number of hydrogen-bond acceptors (Lipinski definition) is 6. The number of aliphatic carboxylic acids is 1. The maximum Gasteiger partial charge on any atom is 0.307 e. The van der Waals surface area contributed by atoms with Gasteiger partial charge in [0.15, 0.2) is 5.76 Å². The molecule has 0 saturated heterocycles. The van der Waals surface area contributed by atoms with Gasteiger partial charge in [0.05, 0.1) is 31.7 Å². The predicted molar refractivity (Wildman–Crippen MR) is 146 cm³/mol. The molecule has 0 fully saturated rings. The Labute approximate surface area is 230 Å². The van der Waals surface area contributed by atoms with Crippen molar-refractivity contribution in [3.05, 3.63) is 47.7 Å². The Morgan fingerprint density at radius 3 is 2.33 bits per heavy atom. The van der Waals surface area contributed by atoms with Crippen molar-refractivity contribution in [1.29, 1.82) is 0 Å². The molecule has 3 amide bonds. The second-order valence-electron chi connectivity index (χ2n) is 9.38. The van der Waals surface area contributed by atoms with Crippen LogP contribution >= 0.6 is 0 Å². The lowest BCUT2D eigenvalue weighted by molar-refractivity contribution is -0.195. The minimum absolute atomic E-state index is 0.0741. The molecule has 0 radical (unpaired) electrons. The van der Waals surface area contributed by atoms with Crippen molar-refractivity contribution < 1.29 is 33.5 Å². The highest BCUT2D eigenvalue weighted by molar-refractivity contribution is 5.92. The largest absolute Gasteiger partial charge is 0.481 e. The van der Waals surface area contributed by atoms with E-state index in [4.69, 9.17) is 14.4 Å². The molecule has 3 N–H and O–H groups in total. The van der Waals surface area contributed by atoms with Gasteiger partial charge in [-0.15, -0.1) is 0 Å². The van der Waals surface area contributed by atoms with Crippen LogP contribution in [0.15, 0.2) is 40.8 Å². The molecule has 0 saturated carbocycles. The lowest BCUT2D eigenvalue weighted by atomic mass is 9.90. The van der Waals surface area contributed by atoms with E-state index in [-0.39, 0.29) is 24.8 Å². The summed E-state index contributed by atoms with van der Waals surface area (Å²) in [7, 11) is 0. The number of carboxylic acid groups (broad SMARTS) is 1. The molecule has 1 heterocycles.